The Morgan fingerprint density at radius 1 is 1.04 bits per heavy atom. The smallest absolute Gasteiger partial charge is 0.255 e. The van der Waals surface area contributed by atoms with Crippen LogP contribution in [0.5, 0.6) is 0 Å². The Morgan fingerprint density at radius 3 is 2.38 bits per heavy atom. The topological polar surface area (TPSA) is 52.7 Å². The number of nitrogens with one attached hydrogen (secondary N) is 1. The number of benzene rings is 2. The predicted molar refractivity (Wildman–Crippen MR) is 98.4 cm³/mol. The van der Waals surface area contributed by atoms with Gasteiger partial charge >= 0.3 is 0 Å². The molecule has 1 aliphatic heterocycles. The van der Waals surface area contributed by atoms with Gasteiger partial charge < -0.3 is 15.1 Å². The second kappa shape index (κ2) is 7.49. The van der Waals surface area contributed by atoms with E-state index in [1.165, 1.54) is 0 Å². The van der Waals surface area contributed by atoms with Gasteiger partial charge in [-0.2, -0.15) is 0 Å². The number of amides is 2. The summed E-state index contributed by atoms with van der Waals surface area (Å²) in [6.45, 7) is 3.13. The van der Waals surface area contributed by atoms with Crippen LogP contribution in [0, 0.1) is 0 Å². The highest BCUT2D eigenvalue weighted by molar-refractivity contribution is 9.10. The minimum Gasteiger partial charge on any atom is -0.368 e. The number of hydrogen-bond acceptors (Lipinski definition) is 3. The summed E-state index contributed by atoms with van der Waals surface area (Å²) in [7, 11) is 0. The fourth-order valence-electron chi connectivity index (χ4n) is 2.67. The highest BCUT2D eigenvalue weighted by atomic mass is 79.9. The number of anilines is 2. The van der Waals surface area contributed by atoms with Crippen molar-refractivity contribution >= 4 is 39.6 Å². The van der Waals surface area contributed by atoms with E-state index in [4.69, 9.17) is 0 Å². The van der Waals surface area contributed by atoms with Gasteiger partial charge in [-0.05, 0) is 42.5 Å². The Labute approximate surface area is 149 Å². The molecule has 0 saturated carbocycles. The van der Waals surface area contributed by atoms with Gasteiger partial charge in [-0.25, -0.2) is 0 Å². The Morgan fingerprint density at radius 2 is 1.75 bits per heavy atom. The van der Waals surface area contributed by atoms with Crippen LogP contribution < -0.4 is 10.2 Å². The molecule has 0 radical (unpaired) electrons. The molecule has 0 unspecified atom stereocenters. The van der Waals surface area contributed by atoms with E-state index in [0.29, 0.717) is 5.56 Å². The van der Waals surface area contributed by atoms with E-state index in [0.717, 1.165) is 48.4 Å². The molecule has 0 aliphatic carbocycles. The van der Waals surface area contributed by atoms with E-state index >= 15 is 0 Å². The number of carbonyl (C=O) groups excluding carboxylic acids is 2. The molecule has 3 rings (SSSR count). The summed E-state index contributed by atoms with van der Waals surface area (Å²) in [6.07, 6.45) is 0.901. The molecular weight excluding hydrogens is 370 g/mol. The number of nitrogens with zero attached hydrogens (tertiary/aromatic N) is 2. The fraction of sp³-hybridized carbons (Fsp3) is 0.222. The SMILES string of the molecule is O=CN1CCN(c2ccc(NC(=O)c3cccc(Br)c3)cc2)CC1. The summed E-state index contributed by atoms with van der Waals surface area (Å²) in [5, 5.41) is 2.90. The summed E-state index contributed by atoms with van der Waals surface area (Å²) in [4.78, 5) is 27.0. The van der Waals surface area contributed by atoms with Crippen molar-refractivity contribution in [3.8, 4) is 0 Å². The lowest BCUT2D eigenvalue weighted by Gasteiger charge is -2.34. The second-order valence-electron chi connectivity index (χ2n) is 5.64. The van der Waals surface area contributed by atoms with Gasteiger partial charge in [0.15, 0.2) is 0 Å². The molecule has 2 amide bonds. The highest BCUT2D eigenvalue weighted by Crippen LogP contribution is 2.20. The zero-order chi connectivity index (χ0) is 16.9. The minimum atomic E-state index is -0.136. The lowest BCUT2D eigenvalue weighted by Crippen LogP contribution is -2.45. The molecule has 1 fully saturated rings. The molecule has 1 heterocycles. The van der Waals surface area contributed by atoms with Crippen molar-refractivity contribution in [1.29, 1.82) is 0 Å². The Hall–Kier alpha value is -2.34. The number of rotatable bonds is 4. The average Bonchev–Trinajstić information content (AvgIpc) is 2.62. The Kier molecular flexibility index (Phi) is 5.15. The molecule has 2 aromatic rings. The molecule has 1 aliphatic rings. The van der Waals surface area contributed by atoms with Crippen molar-refractivity contribution in [3.05, 3.63) is 58.6 Å². The Balaban J connectivity index is 1.62. The van der Waals surface area contributed by atoms with Crippen LogP contribution in [0.1, 0.15) is 10.4 Å². The zero-order valence-electron chi connectivity index (χ0n) is 13.1. The minimum absolute atomic E-state index is 0.136. The van der Waals surface area contributed by atoms with Gasteiger partial charge in [-0.1, -0.05) is 22.0 Å². The zero-order valence-corrected chi connectivity index (χ0v) is 14.7. The van der Waals surface area contributed by atoms with E-state index in [2.05, 4.69) is 26.1 Å². The van der Waals surface area contributed by atoms with Crippen molar-refractivity contribution in [1.82, 2.24) is 4.90 Å². The van der Waals surface area contributed by atoms with E-state index < -0.39 is 0 Å². The summed E-state index contributed by atoms with van der Waals surface area (Å²) >= 11 is 3.37. The summed E-state index contributed by atoms with van der Waals surface area (Å²) < 4.78 is 0.875. The third-order valence-electron chi connectivity index (χ3n) is 4.04. The molecule has 0 aromatic heterocycles. The molecule has 24 heavy (non-hydrogen) atoms. The highest BCUT2D eigenvalue weighted by Gasteiger charge is 2.15. The maximum Gasteiger partial charge on any atom is 0.255 e. The fourth-order valence-corrected chi connectivity index (χ4v) is 3.07. The molecule has 6 heteroatoms. The third-order valence-corrected chi connectivity index (χ3v) is 4.53. The van der Waals surface area contributed by atoms with Crippen LogP contribution in [0.4, 0.5) is 11.4 Å². The van der Waals surface area contributed by atoms with Crippen LogP contribution >= 0.6 is 15.9 Å². The molecule has 1 N–H and O–H groups in total. The van der Waals surface area contributed by atoms with E-state index in [1.54, 1.807) is 17.0 Å². The van der Waals surface area contributed by atoms with Crippen molar-refractivity contribution in [2.45, 2.75) is 0 Å². The number of hydrogen-bond donors (Lipinski definition) is 1. The molecule has 0 atom stereocenters. The van der Waals surface area contributed by atoms with Crippen LogP contribution in [0.3, 0.4) is 0 Å². The summed E-state index contributed by atoms with van der Waals surface area (Å²) in [5.74, 6) is -0.136. The van der Waals surface area contributed by atoms with E-state index in [1.807, 2.05) is 36.4 Å². The predicted octanol–water partition coefficient (Wildman–Crippen LogP) is 2.98. The van der Waals surface area contributed by atoms with Crippen molar-refractivity contribution in [2.75, 3.05) is 36.4 Å². The van der Waals surface area contributed by atoms with Crippen LogP contribution in [0.15, 0.2) is 53.0 Å². The second-order valence-corrected chi connectivity index (χ2v) is 6.56. The first-order chi connectivity index (χ1) is 11.7. The normalized spacial score (nSPS) is 14.4. The maximum atomic E-state index is 12.2. The standard InChI is InChI=1S/C18H18BrN3O2/c19-15-3-1-2-14(12-15)18(24)20-16-4-6-17(7-5-16)22-10-8-21(13-23)9-11-22/h1-7,12-13H,8-11H2,(H,20,24). The van der Waals surface area contributed by atoms with Crippen LogP contribution in [0.2, 0.25) is 0 Å². The van der Waals surface area contributed by atoms with Gasteiger partial charge in [-0.15, -0.1) is 0 Å². The van der Waals surface area contributed by atoms with Crippen molar-refractivity contribution < 1.29 is 9.59 Å². The van der Waals surface area contributed by atoms with Gasteiger partial charge in [0, 0.05) is 47.6 Å². The number of halogens is 1. The van der Waals surface area contributed by atoms with Crippen LogP contribution in [-0.2, 0) is 4.79 Å². The average molecular weight is 388 g/mol. The van der Waals surface area contributed by atoms with E-state index in [-0.39, 0.29) is 5.91 Å². The lowest BCUT2D eigenvalue weighted by molar-refractivity contribution is -0.118. The van der Waals surface area contributed by atoms with Gasteiger partial charge in [0.05, 0.1) is 0 Å². The molecule has 124 valence electrons. The van der Waals surface area contributed by atoms with Crippen LogP contribution in [0.25, 0.3) is 0 Å². The third kappa shape index (κ3) is 3.94. The van der Waals surface area contributed by atoms with Crippen molar-refractivity contribution in [3.63, 3.8) is 0 Å². The first kappa shape index (κ1) is 16.5. The monoisotopic (exact) mass is 387 g/mol. The van der Waals surface area contributed by atoms with Gasteiger partial charge in [0.25, 0.3) is 5.91 Å². The molecule has 0 bridgehead atoms. The number of piperazine rings is 1. The van der Waals surface area contributed by atoms with Crippen LogP contribution in [-0.4, -0.2) is 43.4 Å². The largest absolute Gasteiger partial charge is 0.368 e. The van der Waals surface area contributed by atoms with Gasteiger partial charge in [0.2, 0.25) is 6.41 Å². The number of carbonyl (C=O) groups is 2. The summed E-state index contributed by atoms with van der Waals surface area (Å²) in [6, 6.07) is 15.1. The molecule has 1 saturated heterocycles. The van der Waals surface area contributed by atoms with Gasteiger partial charge in [0.1, 0.15) is 0 Å². The Bertz CT molecular complexity index is 725. The first-order valence-corrected chi connectivity index (χ1v) is 8.56. The maximum absolute atomic E-state index is 12.2. The molecule has 5 nitrogen and oxygen atoms in total. The molecule has 2 aromatic carbocycles. The van der Waals surface area contributed by atoms with Gasteiger partial charge in [-0.3, -0.25) is 9.59 Å². The van der Waals surface area contributed by atoms with E-state index in [9.17, 15) is 9.59 Å². The molecule has 0 spiro atoms. The van der Waals surface area contributed by atoms with Crippen molar-refractivity contribution in [2.24, 2.45) is 0 Å². The lowest BCUT2D eigenvalue weighted by atomic mass is 10.2. The first-order valence-electron chi connectivity index (χ1n) is 7.77. The quantitative estimate of drug-likeness (QED) is 0.820. The molecular formula is C18H18BrN3O2. The summed E-state index contributed by atoms with van der Waals surface area (Å²) in [5.41, 5.74) is 2.47.